The van der Waals surface area contributed by atoms with Gasteiger partial charge in [0, 0.05) is 33.0 Å². The van der Waals surface area contributed by atoms with E-state index >= 15 is 0 Å². The van der Waals surface area contributed by atoms with Crippen LogP contribution in [0, 0.1) is 0 Å². The average Bonchev–Trinajstić information content (AvgIpc) is 3.31. The molecule has 0 bridgehead atoms. The van der Waals surface area contributed by atoms with Crippen LogP contribution in [0.2, 0.25) is 0 Å². The molecule has 8 heteroatoms. The molecule has 3 aromatic heterocycles. The van der Waals surface area contributed by atoms with Crippen molar-refractivity contribution in [2.24, 2.45) is 0 Å². The molecule has 0 unspecified atom stereocenters. The minimum Gasteiger partial charge on any atom is -0.497 e. The Morgan fingerprint density at radius 2 is 2.03 bits per heavy atom. The summed E-state index contributed by atoms with van der Waals surface area (Å²) in [6.45, 7) is 0.434. The Bertz CT molecular complexity index is 1130. The SMILES string of the molecule is COc1ccc(-n2c(N(C)C)nc3cc(C(=O)NCc4cccnc4)sc32)cc1. The molecule has 0 aliphatic heterocycles. The summed E-state index contributed by atoms with van der Waals surface area (Å²) in [7, 11) is 5.55. The lowest BCUT2D eigenvalue weighted by atomic mass is 10.3. The molecular weight excluding hydrogens is 386 g/mol. The molecule has 1 N–H and O–H groups in total. The zero-order chi connectivity index (χ0) is 20.4. The molecule has 1 amide bonds. The first-order chi connectivity index (χ1) is 14.1. The van der Waals surface area contributed by atoms with Crippen LogP contribution in [0.1, 0.15) is 15.2 Å². The molecule has 0 radical (unpaired) electrons. The summed E-state index contributed by atoms with van der Waals surface area (Å²) >= 11 is 1.43. The molecule has 0 saturated carbocycles. The molecule has 4 aromatic rings. The van der Waals surface area contributed by atoms with E-state index in [2.05, 4.69) is 14.9 Å². The summed E-state index contributed by atoms with van der Waals surface area (Å²) in [5.74, 6) is 1.47. The van der Waals surface area contributed by atoms with Gasteiger partial charge >= 0.3 is 0 Å². The molecule has 3 heterocycles. The van der Waals surface area contributed by atoms with Crippen LogP contribution in [0.25, 0.3) is 16.0 Å². The number of rotatable bonds is 6. The Morgan fingerprint density at radius 3 is 2.69 bits per heavy atom. The van der Waals surface area contributed by atoms with Crippen LogP contribution in [-0.2, 0) is 6.54 Å². The molecular formula is C21H21N5O2S. The molecule has 1 aromatic carbocycles. The van der Waals surface area contributed by atoms with Gasteiger partial charge in [-0.2, -0.15) is 0 Å². The smallest absolute Gasteiger partial charge is 0.261 e. The Balaban J connectivity index is 1.66. The maximum atomic E-state index is 12.7. The minimum absolute atomic E-state index is 0.121. The van der Waals surface area contributed by atoms with Crippen molar-refractivity contribution in [1.82, 2.24) is 19.9 Å². The van der Waals surface area contributed by atoms with Gasteiger partial charge in [0.1, 0.15) is 16.1 Å². The fraction of sp³-hybridized carbons (Fsp3) is 0.190. The fourth-order valence-electron chi connectivity index (χ4n) is 3.01. The minimum atomic E-state index is -0.121. The standard InChI is InChI=1S/C21H21N5O2S/c1-25(2)21-24-17-11-18(19(27)23-13-14-5-4-10-22-12-14)29-20(17)26(21)15-6-8-16(28-3)9-7-15/h4-12H,13H2,1-3H3,(H,23,27). The number of nitrogens with one attached hydrogen (secondary N) is 1. The van der Waals surface area contributed by atoms with Crippen molar-refractivity contribution in [3.05, 3.63) is 65.3 Å². The van der Waals surface area contributed by atoms with E-state index in [0.29, 0.717) is 11.4 Å². The van der Waals surface area contributed by atoms with Crippen molar-refractivity contribution in [2.75, 3.05) is 26.1 Å². The lowest BCUT2D eigenvalue weighted by Gasteiger charge is -2.15. The van der Waals surface area contributed by atoms with Crippen LogP contribution < -0.4 is 15.0 Å². The second-order valence-electron chi connectivity index (χ2n) is 6.68. The number of amides is 1. The van der Waals surface area contributed by atoms with Gasteiger partial charge in [-0.15, -0.1) is 11.3 Å². The largest absolute Gasteiger partial charge is 0.497 e. The second kappa shape index (κ2) is 7.92. The monoisotopic (exact) mass is 407 g/mol. The number of pyridine rings is 1. The number of carbonyl (C=O) groups is 1. The summed E-state index contributed by atoms with van der Waals surface area (Å²) in [5.41, 5.74) is 2.71. The topological polar surface area (TPSA) is 72.3 Å². The predicted molar refractivity (Wildman–Crippen MR) is 115 cm³/mol. The molecule has 0 atom stereocenters. The van der Waals surface area contributed by atoms with Crippen molar-refractivity contribution in [3.8, 4) is 11.4 Å². The number of anilines is 1. The van der Waals surface area contributed by atoms with E-state index in [9.17, 15) is 4.79 Å². The van der Waals surface area contributed by atoms with Gasteiger partial charge in [-0.3, -0.25) is 14.3 Å². The lowest BCUT2D eigenvalue weighted by Crippen LogP contribution is -2.21. The van der Waals surface area contributed by atoms with Crippen molar-refractivity contribution in [1.29, 1.82) is 0 Å². The zero-order valence-electron chi connectivity index (χ0n) is 16.4. The van der Waals surface area contributed by atoms with Gasteiger partial charge in [0.15, 0.2) is 0 Å². The maximum Gasteiger partial charge on any atom is 0.261 e. The highest BCUT2D eigenvalue weighted by molar-refractivity contribution is 7.20. The van der Waals surface area contributed by atoms with Crippen molar-refractivity contribution in [3.63, 3.8) is 0 Å². The van der Waals surface area contributed by atoms with Gasteiger partial charge in [0.2, 0.25) is 5.95 Å². The Kier molecular flexibility index (Phi) is 5.18. The normalized spacial score (nSPS) is 10.9. The number of thiophene rings is 1. The molecule has 4 rings (SSSR count). The summed E-state index contributed by atoms with van der Waals surface area (Å²) < 4.78 is 7.31. The molecule has 0 spiro atoms. The number of hydrogen-bond acceptors (Lipinski definition) is 6. The van der Waals surface area contributed by atoms with E-state index in [-0.39, 0.29) is 5.91 Å². The fourth-order valence-corrected chi connectivity index (χ4v) is 4.04. The van der Waals surface area contributed by atoms with Crippen LogP contribution >= 0.6 is 11.3 Å². The highest BCUT2D eigenvalue weighted by Gasteiger charge is 2.19. The van der Waals surface area contributed by atoms with Gasteiger partial charge in [-0.1, -0.05) is 6.07 Å². The highest BCUT2D eigenvalue weighted by atomic mass is 32.1. The van der Waals surface area contributed by atoms with Gasteiger partial charge in [-0.25, -0.2) is 4.98 Å². The molecule has 148 valence electrons. The van der Waals surface area contributed by atoms with E-state index in [1.165, 1.54) is 11.3 Å². The summed E-state index contributed by atoms with van der Waals surface area (Å²) in [5, 5.41) is 2.95. The van der Waals surface area contributed by atoms with E-state index in [0.717, 1.165) is 33.3 Å². The molecule has 29 heavy (non-hydrogen) atoms. The number of imidazole rings is 1. The summed E-state index contributed by atoms with van der Waals surface area (Å²) in [4.78, 5) is 25.0. The van der Waals surface area contributed by atoms with Gasteiger partial charge in [0.25, 0.3) is 5.91 Å². The van der Waals surface area contributed by atoms with E-state index in [1.54, 1.807) is 19.5 Å². The van der Waals surface area contributed by atoms with Gasteiger partial charge in [0.05, 0.1) is 17.7 Å². The summed E-state index contributed by atoms with van der Waals surface area (Å²) in [6, 6.07) is 13.4. The number of ether oxygens (including phenoxy) is 1. The first-order valence-corrected chi connectivity index (χ1v) is 9.89. The number of hydrogen-bond donors (Lipinski definition) is 1. The molecule has 7 nitrogen and oxygen atoms in total. The number of benzene rings is 1. The molecule has 0 fully saturated rings. The van der Waals surface area contributed by atoms with Crippen LogP contribution in [-0.4, -0.2) is 41.6 Å². The molecule has 0 saturated heterocycles. The van der Waals surface area contributed by atoms with Crippen LogP contribution in [0.15, 0.2) is 54.9 Å². The quantitative estimate of drug-likeness (QED) is 0.530. The van der Waals surface area contributed by atoms with Crippen molar-refractivity contribution < 1.29 is 9.53 Å². The average molecular weight is 407 g/mol. The number of methoxy groups -OCH3 is 1. The number of carbonyl (C=O) groups excluding carboxylic acids is 1. The third-order valence-electron chi connectivity index (χ3n) is 4.45. The summed E-state index contributed by atoms with van der Waals surface area (Å²) in [6.07, 6.45) is 3.46. The van der Waals surface area contributed by atoms with Gasteiger partial charge < -0.3 is 15.0 Å². The van der Waals surface area contributed by atoms with Crippen molar-refractivity contribution >= 4 is 33.5 Å². The molecule has 0 aliphatic carbocycles. The third kappa shape index (κ3) is 3.79. The first-order valence-electron chi connectivity index (χ1n) is 9.08. The maximum absolute atomic E-state index is 12.7. The molecule has 0 aliphatic rings. The number of nitrogens with zero attached hydrogens (tertiary/aromatic N) is 4. The van der Waals surface area contributed by atoms with Crippen LogP contribution in [0.5, 0.6) is 5.75 Å². The van der Waals surface area contributed by atoms with Crippen LogP contribution in [0.4, 0.5) is 5.95 Å². The third-order valence-corrected chi connectivity index (χ3v) is 5.56. The second-order valence-corrected chi connectivity index (χ2v) is 7.72. The van der Waals surface area contributed by atoms with E-state index in [4.69, 9.17) is 9.72 Å². The highest BCUT2D eigenvalue weighted by Crippen LogP contribution is 2.33. The Labute approximate surface area is 172 Å². The Morgan fingerprint density at radius 1 is 1.24 bits per heavy atom. The number of fused-ring (bicyclic) bond motifs is 1. The van der Waals surface area contributed by atoms with Gasteiger partial charge in [-0.05, 0) is 42.0 Å². The van der Waals surface area contributed by atoms with Crippen LogP contribution in [0.3, 0.4) is 0 Å². The number of aromatic nitrogens is 3. The zero-order valence-corrected chi connectivity index (χ0v) is 17.2. The lowest BCUT2D eigenvalue weighted by molar-refractivity contribution is 0.0955. The Hall–Kier alpha value is -3.39. The van der Waals surface area contributed by atoms with Crippen molar-refractivity contribution in [2.45, 2.75) is 6.54 Å². The van der Waals surface area contributed by atoms with E-state index in [1.807, 2.05) is 61.5 Å². The van der Waals surface area contributed by atoms with E-state index < -0.39 is 0 Å². The first kappa shape index (κ1) is 18.9. The predicted octanol–water partition coefficient (Wildman–Crippen LogP) is 3.49.